The molecule has 0 spiro atoms. The summed E-state index contributed by atoms with van der Waals surface area (Å²) in [5.41, 5.74) is 0. The zero-order chi connectivity index (χ0) is 12.4. The van der Waals surface area contributed by atoms with E-state index in [0.29, 0.717) is 19.0 Å². The van der Waals surface area contributed by atoms with Crippen LogP contribution in [0.15, 0.2) is 0 Å². The van der Waals surface area contributed by atoms with Crippen LogP contribution in [0.3, 0.4) is 0 Å². The maximum atomic E-state index is 12.4. The van der Waals surface area contributed by atoms with Gasteiger partial charge in [0.15, 0.2) is 0 Å². The molecule has 3 atom stereocenters. The quantitative estimate of drug-likeness (QED) is 0.653. The molecular formula is C12H21N3O2. The van der Waals surface area contributed by atoms with E-state index in [1.165, 1.54) is 0 Å². The smallest absolute Gasteiger partial charge is 0.242 e. The Labute approximate surface area is 102 Å². The van der Waals surface area contributed by atoms with Crippen LogP contribution in [0.1, 0.15) is 20.3 Å². The molecule has 3 unspecified atom stereocenters. The summed E-state index contributed by atoms with van der Waals surface area (Å²) in [6, 6.07) is -0.325. The molecule has 0 aromatic rings. The molecule has 2 amide bonds. The Kier molecular flexibility index (Phi) is 3.66. The minimum Gasteiger partial charge on any atom is -0.353 e. The van der Waals surface area contributed by atoms with Crippen LogP contribution in [0.4, 0.5) is 0 Å². The molecule has 2 rings (SSSR count). The molecule has 2 saturated heterocycles. The minimum atomic E-state index is -0.325. The van der Waals surface area contributed by atoms with Crippen LogP contribution in [0.2, 0.25) is 0 Å². The standard InChI is InChI=1S/C12H21N3O2/c1-8-5-10(7-13-6-8)12(17)15-4-3-14-11(16)9(15)2/h8-10,13H,3-7H2,1-2H3,(H,14,16). The van der Waals surface area contributed by atoms with Gasteiger partial charge in [-0.15, -0.1) is 0 Å². The van der Waals surface area contributed by atoms with Gasteiger partial charge in [-0.1, -0.05) is 6.92 Å². The summed E-state index contributed by atoms with van der Waals surface area (Å²) < 4.78 is 0. The van der Waals surface area contributed by atoms with Crippen molar-refractivity contribution in [3.8, 4) is 0 Å². The lowest BCUT2D eigenvalue weighted by Crippen LogP contribution is -2.58. The first-order chi connectivity index (χ1) is 8.09. The van der Waals surface area contributed by atoms with Crippen molar-refractivity contribution in [2.45, 2.75) is 26.3 Å². The summed E-state index contributed by atoms with van der Waals surface area (Å²) in [6.07, 6.45) is 0.927. The molecule has 2 heterocycles. The largest absolute Gasteiger partial charge is 0.353 e. The summed E-state index contributed by atoms with van der Waals surface area (Å²) in [4.78, 5) is 25.6. The van der Waals surface area contributed by atoms with Crippen molar-refractivity contribution in [1.29, 1.82) is 0 Å². The number of nitrogens with one attached hydrogen (secondary N) is 2. The third-order valence-corrected chi connectivity index (χ3v) is 3.70. The number of carbonyl (C=O) groups is 2. The first kappa shape index (κ1) is 12.4. The highest BCUT2D eigenvalue weighted by molar-refractivity contribution is 5.89. The molecule has 0 bridgehead atoms. The first-order valence-electron chi connectivity index (χ1n) is 6.38. The van der Waals surface area contributed by atoms with E-state index in [1.807, 2.05) is 0 Å². The van der Waals surface area contributed by atoms with Crippen molar-refractivity contribution < 1.29 is 9.59 Å². The molecule has 5 heteroatoms. The third-order valence-electron chi connectivity index (χ3n) is 3.70. The Morgan fingerprint density at radius 3 is 2.82 bits per heavy atom. The van der Waals surface area contributed by atoms with E-state index in [9.17, 15) is 9.59 Å². The molecule has 0 radical (unpaired) electrons. The lowest BCUT2D eigenvalue weighted by atomic mass is 9.90. The average molecular weight is 239 g/mol. The average Bonchev–Trinajstić information content (AvgIpc) is 2.32. The van der Waals surface area contributed by atoms with E-state index in [1.54, 1.807) is 11.8 Å². The molecule has 0 aromatic heterocycles. The van der Waals surface area contributed by atoms with E-state index >= 15 is 0 Å². The summed E-state index contributed by atoms with van der Waals surface area (Å²) in [6.45, 7) is 6.89. The van der Waals surface area contributed by atoms with Crippen LogP contribution in [-0.4, -0.2) is 48.9 Å². The fourth-order valence-corrected chi connectivity index (χ4v) is 2.66. The molecule has 2 aliphatic heterocycles. The summed E-state index contributed by atoms with van der Waals surface area (Å²) in [7, 11) is 0. The molecule has 17 heavy (non-hydrogen) atoms. The summed E-state index contributed by atoms with van der Waals surface area (Å²) in [5, 5.41) is 6.06. The fourth-order valence-electron chi connectivity index (χ4n) is 2.66. The van der Waals surface area contributed by atoms with Gasteiger partial charge in [0, 0.05) is 19.6 Å². The van der Waals surface area contributed by atoms with Gasteiger partial charge in [0.05, 0.1) is 5.92 Å². The van der Waals surface area contributed by atoms with E-state index in [2.05, 4.69) is 17.6 Å². The van der Waals surface area contributed by atoms with Gasteiger partial charge >= 0.3 is 0 Å². The maximum Gasteiger partial charge on any atom is 0.242 e. The van der Waals surface area contributed by atoms with Gasteiger partial charge in [-0.3, -0.25) is 9.59 Å². The van der Waals surface area contributed by atoms with Gasteiger partial charge in [0.2, 0.25) is 11.8 Å². The zero-order valence-corrected chi connectivity index (χ0v) is 10.5. The van der Waals surface area contributed by atoms with E-state index in [0.717, 1.165) is 19.5 Å². The minimum absolute atomic E-state index is 0.0344. The number of nitrogens with zero attached hydrogens (tertiary/aromatic N) is 1. The fraction of sp³-hybridized carbons (Fsp3) is 0.833. The molecule has 5 nitrogen and oxygen atoms in total. The number of hydrogen-bond acceptors (Lipinski definition) is 3. The second kappa shape index (κ2) is 5.04. The topological polar surface area (TPSA) is 61.4 Å². The van der Waals surface area contributed by atoms with E-state index in [4.69, 9.17) is 0 Å². The number of piperidine rings is 1. The van der Waals surface area contributed by atoms with Crippen LogP contribution < -0.4 is 10.6 Å². The van der Waals surface area contributed by atoms with E-state index < -0.39 is 0 Å². The van der Waals surface area contributed by atoms with Crippen molar-refractivity contribution >= 4 is 11.8 Å². The maximum absolute atomic E-state index is 12.4. The van der Waals surface area contributed by atoms with Crippen LogP contribution in [0.5, 0.6) is 0 Å². The number of hydrogen-bond donors (Lipinski definition) is 2. The molecular weight excluding hydrogens is 218 g/mol. The van der Waals surface area contributed by atoms with Crippen molar-refractivity contribution in [2.24, 2.45) is 11.8 Å². The lowest BCUT2D eigenvalue weighted by molar-refractivity contribution is -0.146. The highest BCUT2D eigenvalue weighted by Crippen LogP contribution is 2.20. The second-order valence-corrected chi connectivity index (χ2v) is 5.19. The van der Waals surface area contributed by atoms with Gasteiger partial charge in [0.25, 0.3) is 0 Å². The summed E-state index contributed by atoms with van der Waals surface area (Å²) in [5.74, 6) is 0.659. The molecule has 96 valence electrons. The van der Waals surface area contributed by atoms with Crippen molar-refractivity contribution in [3.05, 3.63) is 0 Å². The Morgan fingerprint density at radius 1 is 1.35 bits per heavy atom. The van der Waals surface area contributed by atoms with Crippen molar-refractivity contribution in [2.75, 3.05) is 26.2 Å². The Balaban J connectivity index is 2.00. The number of carbonyl (C=O) groups excluding carboxylic acids is 2. The zero-order valence-electron chi connectivity index (χ0n) is 10.5. The molecule has 0 aromatic carbocycles. The Morgan fingerprint density at radius 2 is 2.12 bits per heavy atom. The Hall–Kier alpha value is -1.10. The van der Waals surface area contributed by atoms with Crippen LogP contribution in [0.25, 0.3) is 0 Å². The van der Waals surface area contributed by atoms with Crippen LogP contribution in [-0.2, 0) is 9.59 Å². The Bertz CT molecular complexity index is 319. The molecule has 2 N–H and O–H groups in total. The monoisotopic (exact) mass is 239 g/mol. The van der Waals surface area contributed by atoms with Gasteiger partial charge in [0.1, 0.15) is 6.04 Å². The van der Waals surface area contributed by atoms with Crippen LogP contribution in [0, 0.1) is 11.8 Å². The van der Waals surface area contributed by atoms with Gasteiger partial charge in [-0.05, 0) is 25.8 Å². The summed E-state index contributed by atoms with van der Waals surface area (Å²) >= 11 is 0. The normalized spacial score (nSPS) is 34.4. The van der Waals surface area contributed by atoms with Crippen molar-refractivity contribution in [1.82, 2.24) is 15.5 Å². The third kappa shape index (κ3) is 2.60. The van der Waals surface area contributed by atoms with Gasteiger partial charge in [-0.2, -0.15) is 0 Å². The number of amides is 2. The van der Waals surface area contributed by atoms with E-state index in [-0.39, 0.29) is 23.8 Å². The first-order valence-corrected chi connectivity index (χ1v) is 6.38. The van der Waals surface area contributed by atoms with Crippen molar-refractivity contribution in [3.63, 3.8) is 0 Å². The predicted octanol–water partition coefficient (Wildman–Crippen LogP) is -0.421. The lowest BCUT2D eigenvalue weighted by Gasteiger charge is -2.37. The second-order valence-electron chi connectivity index (χ2n) is 5.19. The highest BCUT2D eigenvalue weighted by atomic mass is 16.2. The van der Waals surface area contributed by atoms with Gasteiger partial charge in [-0.25, -0.2) is 0 Å². The number of piperazine rings is 1. The van der Waals surface area contributed by atoms with Gasteiger partial charge < -0.3 is 15.5 Å². The molecule has 0 aliphatic carbocycles. The molecule has 2 aliphatic rings. The SMILES string of the molecule is CC1CNCC(C(=O)N2CCNC(=O)C2C)C1. The molecule has 0 saturated carbocycles. The van der Waals surface area contributed by atoms with Crippen LogP contribution >= 0.6 is 0 Å². The molecule has 2 fully saturated rings. The highest BCUT2D eigenvalue weighted by Gasteiger charge is 2.34. The predicted molar refractivity (Wildman–Crippen MR) is 64.3 cm³/mol. The number of rotatable bonds is 1.